The lowest BCUT2D eigenvalue weighted by atomic mass is 9.85. The molecule has 0 bridgehead atoms. The number of carbonyl (C=O) groups is 1. The smallest absolute Gasteiger partial charge is 0.240 e. The first kappa shape index (κ1) is 22.0. The van der Waals surface area contributed by atoms with E-state index >= 15 is 0 Å². The van der Waals surface area contributed by atoms with Gasteiger partial charge in [0.15, 0.2) is 0 Å². The molecule has 2 aliphatic rings. The molecular formula is C22H30N4O4S. The first-order valence-corrected chi connectivity index (χ1v) is 12.5. The minimum absolute atomic E-state index is 0.00475. The third-order valence-corrected chi connectivity index (χ3v) is 7.58. The van der Waals surface area contributed by atoms with Crippen LogP contribution >= 0.6 is 0 Å². The van der Waals surface area contributed by atoms with Crippen molar-refractivity contribution in [3.63, 3.8) is 0 Å². The van der Waals surface area contributed by atoms with Gasteiger partial charge in [0.2, 0.25) is 21.8 Å². The third-order valence-electron chi connectivity index (χ3n) is 6.06. The van der Waals surface area contributed by atoms with Gasteiger partial charge >= 0.3 is 0 Å². The van der Waals surface area contributed by atoms with E-state index in [1.165, 1.54) is 0 Å². The van der Waals surface area contributed by atoms with E-state index in [2.05, 4.69) is 15.0 Å². The van der Waals surface area contributed by atoms with E-state index in [1.807, 2.05) is 17.9 Å². The lowest BCUT2D eigenvalue weighted by Gasteiger charge is -2.34. The summed E-state index contributed by atoms with van der Waals surface area (Å²) in [6.07, 6.45) is 2.79. The maximum Gasteiger partial charge on any atom is 0.240 e. The van der Waals surface area contributed by atoms with Crippen molar-refractivity contribution in [1.29, 1.82) is 0 Å². The summed E-state index contributed by atoms with van der Waals surface area (Å²) in [5.74, 6) is 0.747. The average Bonchev–Trinajstić information content (AvgIpc) is 2.79. The molecule has 1 saturated heterocycles. The van der Waals surface area contributed by atoms with Gasteiger partial charge in [-0.15, -0.1) is 0 Å². The van der Waals surface area contributed by atoms with Crippen molar-refractivity contribution in [1.82, 2.24) is 19.9 Å². The number of amides is 1. The van der Waals surface area contributed by atoms with Crippen LogP contribution < -0.4 is 14.8 Å². The molecule has 1 aromatic heterocycles. The van der Waals surface area contributed by atoms with Crippen LogP contribution in [0.2, 0.25) is 0 Å². The topological polar surface area (TPSA) is 101 Å². The van der Waals surface area contributed by atoms with Gasteiger partial charge in [-0.05, 0) is 56.9 Å². The molecule has 2 N–H and O–H groups in total. The second-order valence-corrected chi connectivity index (χ2v) is 9.90. The van der Waals surface area contributed by atoms with Crippen LogP contribution in [0.15, 0.2) is 35.2 Å². The Bertz CT molecular complexity index is 1030. The summed E-state index contributed by atoms with van der Waals surface area (Å²) >= 11 is 0. The summed E-state index contributed by atoms with van der Waals surface area (Å²) in [6, 6.07) is 8.33. The van der Waals surface area contributed by atoms with Gasteiger partial charge in [-0.1, -0.05) is 0 Å². The van der Waals surface area contributed by atoms with Crippen LogP contribution in [0.4, 0.5) is 0 Å². The van der Waals surface area contributed by atoms with E-state index in [1.54, 1.807) is 24.3 Å². The fraction of sp³-hybridized carbons (Fsp3) is 0.545. The Morgan fingerprint density at radius 1 is 1.16 bits per heavy atom. The van der Waals surface area contributed by atoms with E-state index in [0.29, 0.717) is 30.8 Å². The molecule has 0 unspecified atom stereocenters. The van der Waals surface area contributed by atoms with E-state index < -0.39 is 10.0 Å². The van der Waals surface area contributed by atoms with Gasteiger partial charge in [-0.25, -0.2) is 18.1 Å². The maximum atomic E-state index is 12.9. The van der Waals surface area contributed by atoms with Gasteiger partial charge in [0.1, 0.15) is 0 Å². The molecule has 1 aromatic carbocycles. The average molecular weight is 447 g/mol. The number of rotatable bonds is 6. The van der Waals surface area contributed by atoms with E-state index in [-0.39, 0.29) is 22.8 Å². The summed E-state index contributed by atoms with van der Waals surface area (Å²) in [5, 5.41) is 4.01. The Balaban J connectivity index is 1.37. The van der Waals surface area contributed by atoms with Crippen LogP contribution in [0.5, 0.6) is 5.88 Å². The van der Waals surface area contributed by atoms with Crippen molar-refractivity contribution in [2.45, 2.75) is 43.5 Å². The van der Waals surface area contributed by atoms with Crippen molar-refractivity contribution in [2.75, 3.05) is 32.8 Å². The molecule has 2 fully saturated rings. The number of hydrogen-bond acceptors (Lipinski definition) is 6. The lowest BCUT2D eigenvalue weighted by molar-refractivity contribution is -0.137. The molecule has 0 radical (unpaired) electrons. The number of benzene rings is 1. The second-order valence-electron chi connectivity index (χ2n) is 8.18. The molecular weight excluding hydrogens is 416 g/mol. The Hall–Kier alpha value is -2.23. The highest BCUT2D eigenvalue weighted by atomic mass is 32.2. The first-order chi connectivity index (χ1) is 15.0. The third kappa shape index (κ3) is 5.16. The van der Waals surface area contributed by atoms with E-state index in [4.69, 9.17) is 4.74 Å². The van der Waals surface area contributed by atoms with Crippen molar-refractivity contribution in [3.05, 3.63) is 30.3 Å². The molecule has 0 atom stereocenters. The van der Waals surface area contributed by atoms with Crippen LogP contribution in [0.25, 0.3) is 10.9 Å². The fourth-order valence-corrected chi connectivity index (χ4v) is 5.71. The van der Waals surface area contributed by atoms with Crippen molar-refractivity contribution in [2.24, 2.45) is 5.92 Å². The zero-order valence-corrected chi connectivity index (χ0v) is 18.7. The highest BCUT2D eigenvalue weighted by Gasteiger charge is 2.31. The molecule has 168 valence electrons. The van der Waals surface area contributed by atoms with E-state index in [0.717, 1.165) is 44.4 Å². The molecule has 2 aromatic rings. The zero-order valence-electron chi connectivity index (χ0n) is 17.8. The monoisotopic (exact) mass is 446 g/mol. The van der Waals surface area contributed by atoms with Crippen LogP contribution in [0, 0.1) is 5.92 Å². The Labute approximate surface area is 183 Å². The number of sulfonamides is 1. The highest BCUT2D eigenvalue weighted by molar-refractivity contribution is 7.89. The van der Waals surface area contributed by atoms with Crippen molar-refractivity contribution >= 4 is 26.8 Å². The molecule has 9 heteroatoms. The minimum Gasteiger partial charge on any atom is -0.478 e. The van der Waals surface area contributed by atoms with Crippen LogP contribution in [-0.4, -0.2) is 63.0 Å². The minimum atomic E-state index is -3.64. The van der Waals surface area contributed by atoms with Gasteiger partial charge in [0.25, 0.3) is 0 Å². The fourth-order valence-electron chi connectivity index (χ4n) is 4.37. The molecule has 1 amide bonds. The maximum absolute atomic E-state index is 12.9. The zero-order chi connectivity index (χ0) is 21.8. The van der Waals surface area contributed by atoms with Gasteiger partial charge < -0.3 is 15.0 Å². The molecule has 1 aliphatic carbocycles. The van der Waals surface area contributed by atoms with Crippen LogP contribution in [0.3, 0.4) is 0 Å². The van der Waals surface area contributed by atoms with Gasteiger partial charge in [-0.3, -0.25) is 4.79 Å². The molecule has 2 heterocycles. The van der Waals surface area contributed by atoms with Gasteiger partial charge in [0.05, 0.1) is 17.0 Å². The summed E-state index contributed by atoms with van der Waals surface area (Å²) in [6.45, 7) is 5.62. The van der Waals surface area contributed by atoms with Crippen molar-refractivity contribution in [3.8, 4) is 5.88 Å². The first-order valence-electron chi connectivity index (χ1n) is 11.0. The predicted octanol–water partition coefficient (Wildman–Crippen LogP) is 1.90. The molecule has 1 saturated carbocycles. The highest BCUT2D eigenvalue weighted by Crippen LogP contribution is 2.28. The Morgan fingerprint density at radius 3 is 2.61 bits per heavy atom. The number of pyridine rings is 1. The number of hydrogen-bond donors (Lipinski definition) is 2. The molecule has 0 spiro atoms. The lowest BCUT2D eigenvalue weighted by Crippen LogP contribution is -2.49. The predicted molar refractivity (Wildman–Crippen MR) is 118 cm³/mol. The number of carbonyl (C=O) groups excluding carboxylic acids is 1. The quantitative estimate of drug-likeness (QED) is 0.703. The van der Waals surface area contributed by atoms with Gasteiger partial charge in [-0.2, -0.15) is 0 Å². The molecule has 31 heavy (non-hydrogen) atoms. The summed E-state index contributed by atoms with van der Waals surface area (Å²) in [4.78, 5) is 19.3. The number of aromatic nitrogens is 1. The number of nitrogens with one attached hydrogen (secondary N) is 2. The number of piperazine rings is 1. The van der Waals surface area contributed by atoms with Gasteiger partial charge in [0, 0.05) is 49.6 Å². The normalized spacial score (nSPS) is 22.4. The number of fused-ring (bicyclic) bond motifs is 1. The Morgan fingerprint density at radius 2 is 1.90 bits per heavy atom. The summed E-state index contributed by atoms with van der Waals surface area (Å²) < 4.78 is 34.1. The molecule has 1 aliphatic heterocycles. The summed E-state index contributed by atoms with van der Waals surface area (Å²) in [5.41, 5.74) is 0.692. The van der Waals surface area contributed by atoms with E-state index in [9.17, 15) is 13.2 Å². The molecule has 8 nitrogen and oxygen atoms in total. The Kier molecular flexibility index (Phi) is 6.74. The van der Waals surface area contributed by atoms with Crippen LogP contribution in [0.1, 0.15) is 32.6 Å². The largest absolute Gasteiger partial charge is 0.478 e. The SMILES string of the molecule is CCOc1ccc2cc(S(=O)(=O)NC3CCC(C(=O)N4CCNCC4)CC3)ccc2n1. The van der Waals surface area contributed by atoms with Crippen molar-refractivity contribution < 1.29 is 17.9 Å². The number of ether oxygens (including phenoxy) is 1. The number of nitrogens with zero attached hydrogens (tertiary/aromatic N) is 2. The van der Waals surface area contributed by atoms with Crippen LogP contribution in [-0.2, 0) is 14.8 Å². The molecule has 4 rings (SSSR count). The standard InChI is InChI=1S/C22H30N4O4S/c1-2-30-21-10-5-17-15-19(8-9-20(17)24-21)31(28,29)25-18-6-3-16(4-7-18)22(27)26-13-11-23-12-14-26/h5,8-10,15-16,18,23,25H,2-4,6-7,11-14H2,1H3. The second kappa shape index (κ2) is 9.50. The summed E-state index contributed by atoms with van der Waals surface area (Å²) in [7, 11) is -3.64.